The monoisotopic (exact) mass is 475 g/mol. The SMILES string of the molecule is O=C(C=Cc1ccc(-c2cc(Cl)ccc2Cl)o1)Nc1cccc(-c2nc3ncccc3o2)c1. The molecule has 0 saturated carbocycles. The number of carbonyl (C=O) groups is 1. The van der Waals surface area contributed by atoms with Gasteiger partial charge in [0.1, 0.15) is 11.5 Å². The summed E-state index contributed by atoms with van der Waals surface area (Å²) in [5, 5.41) is 3.90. The Morgan fingerprint density at radius 2 is 1.88 bits per heavy atom. The maximum Gasteiger partial charge on any atom is 0.248 e. The van der Waals surface area contributed by atoms with E-state index < -0.39 is 0 Å². The molecule has 0 spiro atoms. The van der Waals surface area contributed by atoms with Crippen LogP contribution in [0, 0.1) is 0 Å². The highest BCUT2D eigenvalue weighted by molar-refractivity contribution is 6.35. The lowest BCUT2D eigenvalue weighted by molar-refractivity contribution is -0.111. The minimum Gasteiger partial charge on any atom is -0.457 e. The summed E-state index contributed by atoms with van der Waals surface area (Å²) in [6.45, 7) is 0. The first-order valence-corrected chi connectivity index (χ1v) is 10.7. The van der Waals surface area contributed by atoms with Crippen LogP contribution in [-0.4, -0.2) is 15.9 Å². The van der Waals surface area contributed by atoms with Crippen LogP contribution in [0.25, 0.3) is 40.1 Å². The molecule has 2 aromatic carbocycles. The van der Waals surface area contributed by atoms with Crippen LogP contribution in [0.2, 0.25) is 10.0 Å². The van der Waals surface area contributed by atoms with Gasteiger partial charge in [0.2, 0.25) is 11.8 Å². The van der Waals surface area contributed by atoms with Crippen molar-refractivity contribution in [2.45, 2.75) is 0 Å². The first kappa shape index (κ1) is 21.0. The highest BCUT2D eigenvalue weighted by Gasteiger charge is 2.11. The number of anilines is 1. The predicted octanol–water partition coefficient (Wildman–Crippen LogP) is 7.11. The minimum atomic E-state index is -0.315. The molecule has 8 heteroatoms. The standard InChI is InChI=1S/C25H15Cl2N3O3/c26-16-6-9-20(27)19(14-16)21-10-7-18(32-21)8-11-23(31)29-17-4-1-3-15(13-17)25-30-24-22(33-25)5-2-12-28-24/h1-14H,(H,29,31). The fourth-order valence-electron chi connectivity index (χ4n) is 3.24. The van der Waals surface area contributed by atoms with Crippen molar-refractivity contribution in [2.75, 3.05) is 5.32 Å². The van der Waals surface area contributed by atoms with Crippen LogP contribution in [0.15, 0.2) is 87.8 Å². The number of amides is 1. The number of nitrogens with zero attached hydrogens (tertiary/aromatic N) is 2. The molecule has 3 aromatic heterocycles. The first-order chi connectivity index (χ1) is 16.0. The lowest BCUT2D eigenvalue weighted by Gasteiger charge is -2.03. The van der Waals surface area contributed by atoms with Gasteiger partial charge in [-0.15, -0.1) is 0 Å². The van der Waals surface area contributed by atoms with E-state index in [1.54, 1.807) is 66.9 Å². The maximum atomic E-state index is 12.4. The molecule has 0 fully saturated rings. The van der Waals surface area contributed by atoms with E-state index in [9.17, 15) is 4.79 Å². The Kier molecular flexibility index (Phi) is 5.69. The summed E-state index contributed by atoms with van der Waals surface area (Å²) in [6, 6.07) is 19.5. The molecule has 5 aromatic rings. The molecule has 1 N–H and O–H groups in total. The molecular formula is C25H15Cl2N3O3. The zero-order valence-corrected chi connectivity index (χ0v) is 18.5. The van der Waals surface area contributed by atoms with Gasteiger partial charge in [-0.05, 0) is 66.7 Å². The van der Waals surface area contributed by atoms with Crippen molar-refractivity contribution in [3.05, 3.63) is 94.8 Å². The molecule has 0 saturated heterocycles. The van der Waals surface area contributed by atoms with Gasteiger partial charge in [0.05, 0.1) is 5.02 Å². The van der Waals surface area contributed by atoms with E-state index in [4.69, 9.17) is 32.0 Å². The minimum absolute atomic E-state index is 0.315. The molecule has 6 nitrogen and oxygen atoms in total. The molecule has 0 atom stereocenters. The molecular weight excluding hydrogens is 461 g/mol. The Morgan fingerprint density at radius 3 is 2.76 bits per heavy atom. The lowest BCUT2D eigenvalue weighted by Crippen LogP contribution is -2.07. The summed E-state index contributed by atoms with van der Waals surface area (Å²) >= 11 is 12.3. The zero-order chi connectivity index (χ0) is 22.8. The average Bonchev–Trinajstić information content (AvgIpc) is 3.47. The van der Waals surface area contributed by atoms with Crippen molar-refractivity contribution < 1.29 is 13.6 Å². The van der Waals surface area contributed by atoms with Gasteiger partial charge in [-0.3, -0.25) is 4.79 Å². The van der Waals surface area contributed by atoms with Crippen LogP contribution in [0.3, 0.4) is 0 Å². The Labute approximate surface area is 198 Å². The third kappa shape index (κ3) is 4.67. The topological polar surface area (TPSA) is 81.2 Å². The number of furan rings is 1. The third-order valence-electron chi connectivity index (χ3n) is 4.76. The summed E-state index contributed by atoms with van der Waals surface area (Å²) < 4.78 is 11.5. The summed E-state index contributed by atoms with van der Waals surface area (Å²) in [5.74, 6) is 1.18. The van der Waals surface area contributed by atoms with Crippen molar-refractivity contribution in [3.8, 4) is 22.8 Å². The number of benzene rings is 2. The highest BCUT2D eigenvalue weighted by Crippen LogP contribution is 2.32. The number of hydrogen-bond acceptors (Lipinski definition) is 5. The molecule has 162 valence electrons. The number of hydrogen-bond donors (Lipinski definition) is 1. The second kappa shape index (κ2) is 8.94. The Morgan fingerprint density at radius 1 is 0.970 bits per heavy atom. The number of oxazole rings is 1. The largest absolute Gasteiger partial charge is 0.457 e. The Hall–Kier alpha value is -3.87. The number of halogens is 2. The summed E-state index contributed by atoms with van der Waals surface area (Å²) in [5.41, 5.74) is 3.13. The van der Waals surface area contributed by atoms with E-state index in [1.165, 1.54) is 6.08 Å². The molecule has 33 heavy (non-hydrogen) atoms. The Balaban J connectivity index is 1.29. The number of fused-ring (bicyclic) bond motifs is 1. The van der Waals surface area contributed by atoms with Gasteiger partial charge in [0.15, 0.2) is 11.2 Å². The van der Waals surface area contributed by atoms with Gasteiger partial charge >= 0.3 is 0 Å². The van der Waals surface area contributed by atoms with E-state index >= 15 is 0 Å². The second-order valence-electron chi connectivity index (χ2n) is 7.07. The first-order valence-electron chi connectivity index (χ1n) is 9.91. The van der Waals surface area contributed by atoms with Gasteiger partial charge in [-0.1, -0.05) is 29.3 Å². The predicted molar refractivity (Wildman–Crippen MR) is 129 cm³/mol. The van der Waals surface area contributed by atoms with Gasteiger partial charge in [0.25, 0.3) is 0 Å². The van der Waals surface area contributed by atoms with Crippen LogP contribution >= 0.6 is 23.2 Å². The number of rotatable bonds is 5. The molecule has 0 radical (unpaired) electrons. The molecule has 0 aliphatic heterocycles. The van der Waals surface area contributed by atoms with Crippen LogP contribution in [0.4, 0.5) is 5.69 Å². The van der Waals surface area contributed by atoms with Crippen LogP contribution in [0.5, 0.6) is 0 Å². The van der Waals surface area contributed by atoms with E-state index in [1.807, 2.05) is 12.1 Å². The van der Waals surface area contributed by atoms with Gasteiger partial charge in [-0.25, -0.2) is 4.98 Å². The van der Waals surface area contributed by atoms with Crippen molar-refractivity contribution >= 4 is 52.1 Å². The van der Waals surface area contributed by atoms with Crippen molar-refractivity contribution in [3.63, 3.8) is 0 Å². The summed E-state index contributed by atoms with van der Waals surface area (Å²) in [6.07, 6.45) is 4.62. The molecule has 0 bridgehead atoms. The molecule has 5 rings (SSSR count). The van der Waals surface area contributed by atoms with Gasteiger partial charge < -0.3 is 14.2 Å². The molecule has 0 aliphatic carbocycles. The van der Waals surface area contributed by atoms with Crippen molar-refractivity contribution in [1.82, 2.24) is 9.97 Å². The number of nitrogens with one attached hydrogen (secondary N) is 1. The van der Waals surface area contributed by atoms with E-state index in [-0.39, 0.29) is 5.91 Å². The van der Waals surface area contributed by atoms with Gasteiger partial charge in [-0.2, -0.15) is 4.98 Å². The van der Waals surface area contributed by atoms with Crippen LogP contribution in [-0.2, 0) is 4.79 Å². The summed E-state index contributed by atoms with van der Waals surface area (Å²) in [7, 11) is 0. The van der Waals surface area contributed by atoms with Crippen molar-refractivity contribution in [2.24, 2.45) is 0 Å². The van der Waals surface area contributed by atoms with Crippen LogP contribution < -0.4 is 5.32 Å². The number of aromatic nitrogens is 2. The lowest BCUT2D eigenvalue weighted by atomic mass is 10.2. The normalized spacial score (nSPS) is 11.3. The quantitative estimate of drug-likeness (QED) is 0.274. The van der Waals surface area contributed by atoms with Gasteiger partial charge in [0, 0.05) is 34.1 Å². The van der Waals surface area contributed by atoms with E-state index in [0.29, 0.717) is 49.9 Å². The fourth-order valence-corrected chi connectivity index (χ4v) is 3.62. The molecule has 1 amide bonds. The smallest absolute Gasteiger partial charge is 0.248 e. The molecule has 0 unspecified atom stereocenters. The van der Waals surface area contributed by atoms with E-state index in [2.05, 4.69) is 15.3 Å². The molecule has 3 heterocycles. The summed E-state index contributed by atoms with van der Waals surface area (Å²) in [4.78, 5) is 21.0. The molecule has 0 aliphatic rings. The third-order valence-corrected chi connectivity index (χ3v) is 5.33. The van der Waals surface area contributed by atoms with E-state index in [0.717, 1.165) is 5.56 Å². The fraction of sp³-hybridized carbons (Fsp3) is 0. The number of pyridine rings is 1. The zero-order valence-electron chi connectivity index (χ0n) is 17.0. The Bertz CT molecular complexity index is 1470. The van der Waals surface area contributed by atoms with Crippen LogP contribution in [0.1, 0.15) is 5.76 Å². The second-order valence-corrected chi connectivity index (χ2v) is 7.92. The average molecular weight is 476 g/mol. The number of carbonyl (C=O) groups excluding carboxylic acids is 1. The highest BCUT2D eigenvalue weighted by atomic mass is 35.5. The maximum absolute atomic E-state index is 12.4. The van der Waals surface area contributed by atoms with Crippen molar-refractivity contribution in [1.29, 1.82) is 0 Å².